The Morgan fingerprint density at radius 3 is 2.42 bits per heavy atom. The van der Waals surface area contributed by atoms with Crippen molar-refractivity contribution >= 4 is 28.7 Å². The van der Waals surface area contributed by atoms with E-state index in [-0.39, 0.29) is 39.8 Å². The van der Waals surface area contributed by atoms with Crippen molar-refractivity contribution in [3.8, 4) is 16.3 Å². The van der Waals surface area contributed by atoms with Crippen molar-refractivity contribution in [3.05, 3.63) is 52.8 Å². The molecule has 3 aromatic rings. The van der Waals surface area contributed by atoms with E-state index in [1.807, 2.05) is 11.9 Å². The smallest absolute Gasteiger partial charge is 0.404 e. The van der Waals surface area contributed by atoms with E-state index < -0.39 is 35.5 Å². The fourth-order valence-electron chi connectivity index (χ4n) is 3.81. The van der Waals surface area contributed by atoms with Crippen LogP contribution in [-0.4, -0.2) is 82.8 Å². The number of alkyl halides is 6. The largest absolute Gasteiger partial charge is 0.573 e. The Morgan fingerprint density at radius 1 is 1.02 bits per heavy atom. The minimum atomic E-state index is -5.04. The molecule has 9 nitrogen and oxygen atoms in total. The van der Waals surface area contributed by atoms with Gasteiger partial charge >= 0.3 is 12.5 Å². The molecule has 1 aliphatic heterocycles. The number of halogens is 6. The van der Waals surface area contributed by atoms with E-state index in [4.69, 9.17) is 0 Å². The van der Waals surface area contributed by atoms with Crippen molar-refractivity contribution in [2.24, 2.45) is 0 Å². The lowest BCUT2D eigenvalue weighted by molar-refractivity contribution is -0.274. The zero-order valence-corrected chi connectivity index (χ0v) is 21.7. The summed E-state index contributed by atoms with van der Waals surface area (Å²) in [6.45, 7) is 2.62. The Morgan fingerprint density at radius 2 is 1.75 bits per heavy atom. The van der Waals surface area contributed by atoms with E-state index in [0.29, 0.717) is 19.3 Å². The molecule has 1 amide bonds. The highest BCUT2D eigenvalue weighted by Gasteiger charge is 2.33. The van der Waals surface area contributed by atoms with Gasteiger partial charge in [-0.15, -0.1) is 23.4 Å². The molecule has 0 atom stereocenters. The van der Waals surface area contributed by atoms with Gasteiger partial charge in [0.05, 0.1) is 24.2 Å². The predicted octanol–water partition coefficient (Wildman–Crippen LogP) is 4.13. The molecule has 0 radical (unpaired) electrons. The van der Waals surface area contributed by atoms with Crippen LogP contribution in [0.25, 0.3) is 10.6 Å². The number of pyridine rings is 1. The molecule has 16 heteroatoms. The molecule has 1 aromatic carbocycles. The maximum Gasteiger partial charge on any atom is 0.573 e. The molecule has 1 aliphatic rings. The summed E-state index contributed by atoms with van der Waals surface area (Å²) < 4.78 is 81.9. The van der Waals surface area contributed by atoms with E-state index in [1.54, 1.807) is 0 Å². The number of ketones is 1. The Balaban J connectivity index is 1.49. The van der Waals surface area contributed by atoms with Gasteiger partial charge in [0.1, 0.15) is 10.0 Å². The number of carbonyl (C=O) groups is 2. The van der Waals surface area contributed by atoms with Crippen LogP contribution >= 0.6 is 11.3 Å². The topological polar surface area (TPSA) is 101 Å². The number of amides is 1. The number of ether oxygens (including phenoxy) is 1. The molecule has 0 unspecified atom stereocenters. The molecule has 0 saturated carbocycles. The van der Waals surface area contributed by atoms with Gasteiger partial charge in [-0.3, -0.25) is 19.5 Å². The first-order valence-corrected chi connectivity index (χ1v) is 12.6. The molecular weight excluding hydrogens is 566 g/mol. The fourth-order valence-corrected chi connectivity index (χ4v) is 4.63. The van der Waals surface area contributed by atoms with Crippen molar-refractivity contribution in [1.82, 2.24) is 25.0 Å². The van der Waals surface area contributed by atoms with Crippen LogP contribution in [0.1, 0.15) is 20.9 Å². The third kappa shape index (κ3) is 7.95. The first-order valence-electron chi connectivity index (χ1n) is 11.8. The van der Waals surface area contributed by atoms with E-state index >= 15 is 0 Å². The Hall–Kier alpha value is -3.63. The maximum atomic E-state index is 13.0. The molecule has 2 aromatic heterocycles. The van der Waals surface area contributed by atoms with Crippen LogP contribution < -0.4 is 10.1 Å². The highest BCUT2D eigenvalue weighted by molar-refractivity contribution is 7.14. The molecule has 1 fully saturated rings. The number of likely N-dealkylation sites (N-methyl/N-ethyl adjacent to an activating group) is 1. The van der Waals surface area contributed by atoms with E-state index in [2.05, 4.69) is 30.1 Å². The standard InChI is InChI=1S/C24H22F6N6O3S/c1-35-4-6-36(7-5-35)13-20(38)32-17-9-14(2-3-19(17)39-24(28,29)30)18(37)10-21-33-34-22(40-21)15-8-16(12-31-11-15)23(25,26)27/h2-3,8-9,11-12H,4-7,10,13H2,1H3,(H,32,38). The van der Waals surface area contributed by atoms with Crippen LogP contribution in [-0.2, 0) is 17.4 Å². The highest BCUT2D eigenvalue weighted by Crippen LogP contribution is 2.34. The molecule has 40 heavy (non-hydrogen) atoms. The molecule has 3 heterocycles. The van der Waals surface area contributed by atoms with Crippen LogP contribution in [0.15, 0.2) is 36.7 Å². The van der Waals surface area contributed by atoms with Gasteiger partial charge in [-0.05, 0) is 31.3 Å². The van der Waals surface area contributed by atoms with Crippen molar-refractivity contribution in [3.63, 3.8) is 0 Å². The lowest BCUT2D eigenvalue weighted by Gasteiger charge is -2.31. The van der Waals surface area contributed by atoms with Crippen LogP contribution in [0.5, 0.6) is 5.75 Å². The Labute approximate surface area is 227 Å². The maximum absolute atomic E-state index is 13.0. The van der Waals surface area contributed by atoms with Crippen LogP contribution in [0.4, 0.5) is 32.0 Å². The number of Topliss-reactive ketones (excluding diaryl/α,β-unsaturated/α-hetero) is 1. The van der Waals surface area contributed by atoms with E-state index in [9.17, 15) is 35.9 Å². The van der Waals surface area contributed by atoms with E-state index in [0.717, 1.165) is 48.7 Å². The summed E-state index contributed by atoms with van der Waals surface area (Å²) in [6, 6.07) is 3.96. The van der Waals surface area contributed by atoms with Gasteiger partial charge in [-0.25, -0.2) is 0 Å². The average molecular weight is 589 g/mol. The molecule has 0 bridgehead atoms. The number of hydrogen-bond acceptors (Lipinski definition) is 9. The first kappa shape index (κ1) is 29.4. The third-order valence-electron chi connectivity index (χ3n) is 5.86. The number of benzene rings is 1. The summed E-state index contributed by atoms with van der Waals surface area (Å²) >= 11 is 0.871. The van der Waals surface area contributed by atoms with Gasteiger partial charge in [0.2, 0.25) is 5.91 Å². The van der Waals surface area contributed by atoms with Crippen LogP contribution in [0, 0.1) is 0 Å². The molecule has 1 saturated heterocycles. The number of nitrogens with zero attached hydrogens (tertiary/aromatic N) is 5. The number of anilines is 1. The zero-order chi connectivity index (χ0) is 29.1. The average Bonchev–Trinajstić information content (AvgIpc) is 3.33. The minimum Gasteiger partial charge on any atom is -0.404 e. The molecule has 0 spiro atoms. The molecule has 1 N–H and O–H groups in total. The lowest BCUT2D eigenvalue weighted by Crippen LogP contribution is -2.47. The molecular formula is C24H22F6N6O3S. The zero-order valence-electron chi connectivity index (χ0n) is 20.8. The number of carbonyl (C=O) groups excluding carboxylic acids is 2. The van der Waals surface area contributed by atoms with Gasteiger partial charge in [-0.2, -0.15) is 13.2 Å². The molecule has 0 aliphatic carbocycles. The quantitative estimate of drug-likeness (QED) is 0.310. The first-order chi connectivity index (χ1) is 18.8. The summed E-state index contributed by atoms with van der Waals surface area (Å²) in [4.78, 5) is 33.0. The van der Waals surface area contributed by atoms with E-state index in [1.165, 1.54) is 6.20 Å². The van der Waals surface area contributed by atoms with Gasteiger partial charge in [0, 0.05) is 49.7 Å². The number of piperazine rings is 1. The summed E-state index contributed by atoms with van der Waals surface area (Å²) in [5, 5.41) is 10.3. The lowest BCUT2D eigenvalue weighted by atomic mass is 10.1. The second-order valence-electron chi connectivity index (χ2n) is 8.95. The number of nitrogens with one attached hydrogen (secondary N) is 1. The fraction of sp³-hybridized carbons (Fsp3) is 0.375. The van der Waals surface area contributed by atoms with Crippen LogP contribution in [0.3, 0.4) is 0 Å². The minimum absolute atomic E-state index is 0.0399. The van der Waals surface area contributed by atoms with Gasteiger partial charge < -0.3 is 15.0 Å². The summed E-state index contributed by atoms with van der Waals surface area (Å²) in [5.41, 5.74) is -1.29. The van der Waals surface area contributed by atoms with Crippen molar-refractivity contribution in [1.29, 1.82) is 0 Å². The monoisotopic (exact) mass is 588 g/mol. The Kier molecular flexibility index (Phi) is 8.70. The highest BCUT2D eigenvalue weighted by atomic mass is 32.1. The second kappa shape index (κ2) is 11.9. The summed E-state index contributed by atoms with van der Waals surface area (Å²) in [5.74, 6) is -1.84. The number of hydrogen-bond donors (Lipinski definition) is 1. The third-order valence-corrected chi connectivity index (χ3v) is 6.83. The Bertz CT molecular complexity index is 1370. The SMILES string of the molecule is CN1CCN(CC(=O)Nc2cc(C(=O)Cc3nnc(-c4cncc(C(F)(F)F)c4)s3)ccc2OC(F)(F)F)CC1. The van der Waals surface area contributed by atoms with Gasteiger partial charge in [0.15, 0.2) is 11.5 Å². The molecule has 4 rings (SSSR count). The number of rotatable bonds is 8. The predicted molar refractivity (Wildman–Crippen MR) is 132 cm³/mol. The summed E-state index contributed by atoms with van der Waals surface area (Å²) in [7, 11) is 1.94. The van der Waals surface area contributed by atoms with Gasteiger partial charge in [-0.1, -0.05) is 11.3 Å². The van der Waals surface area contributed by atoms with Crippen molar-refractivity contribution in [2.45, 2.75) is 19.0 Å². The van der Waals surface area contributed by atoms with Crippen LogP contribution in [0.2, 0.25) is 0 Å². The van der Waals surface area contributed by atoms with Crippen molar-refractivity contribution in [2.75, 3.05) is 45.1 Å². The second-order valence-corrected chi connectivity index (χ2v) is 10.0. The normalized spacial score (nSPS) is 15.2. The van der Waals surface area contributed by atoms with Gasteiger partial charge in [0.25, 0.3) is 0 Å². The molecule has 214 valence electrons. The number of aromatic nitrogens is 3. The summed E-state index contributed by atoms with van der Waals surface area (Å²) in [6.07, 6.45) is -8.13. The van der Waals surface area contributed by atoms with Crippen molar-refractivity contribution < 1.29 is 40.7 Å².